The maximum Gasteiger partial charge on any atom is 0.295 e. The molecule has 0 radical (unpaired) electrons. The first-order valence-electron chi connectivity index (χ1n) is 10.2. The SMILES string of the molecule is COCCCN1C(=O)C(=O)/C(=C(/O)c2ccc(S(=O)(=O)N(C)C)cc2)[C@@H]1c1ccc(O)cc1. The fourth-order valence-corrected chi connectivity index (χ4v) is 4.55. The molecule has 1 atom stereocenters. The molecular weight excluding hydrogens is 448 g/mol. The number of Topliss-reactive ketones (excluding diaryl/α,β-unsaturated/α-hetero) is 1. The molecule has 0 saturated carbocycles. The number of hydrogen-bond donors (Lipinski definition) is 2. The van der Waals surface area contributed by atoms with Crippen molar-refractivity contribution < 1.29 is 33.0 Å². The molecule has 0 aliphatic carbocycles. The van der Waals surface area contributed by atoms with Crippen LogP contribution in [0.5, 0.6) is 5.75 Å². The van der Waals surface area contributed by atoms with Crippen molar-refractivity contribution in [2.24, 2.45) is 0 Å². The highest BCUT2D eigenvalue weighted by atomic mass is 32.2. The summed E-state index contributed by atoms with van der Waals surface area (Å²) < 4.78 is 30.7. The van der Waals surface area contributed by atoms with Crippen LogP contribution < -0.4 is 0 Å². The monoisotopic (exact) mass is 474 g/mol. The average Bonchev–Trinajstić information content (AvgIpc) is 3.04. The van der Waals surface area contributed by atoms with Crippen LogP contribution in [-0.4, -0.2) is 73.9 Å². The molecule has 10 heteroatoms. The molecule has 3 rings (SSSR count). The highest BCUT2D eigenvalue weighted by molar-refractivity contribution is 7.89. The zero-order valence-corrected chi connectivity index (χ0v) is 19.4. The number of aromatic hydroxyl groups is 1. The van der Waals surface area contributed by atoms with E-state index in [4.69, 9.17) is 4.74 Å². The molecule has 9 nitrogen and oxygen atoms in total. The van der Waals surface area contributed by atoms with Crippen molar-refractivity contribution in [3.8, 4) is 5.75 Å². The Morgan fingerprint density at radius 1 is 1.06 bits per heavy atom. The number of hydrogen-bond acceptors (Lipinski definition) is 7. The summed E-state index contributed by atoms with van der Waals surface area (Å²) in [6, 6.07) is 10.6. The molecule has 0 aromatic heterocycles. The van der Waals surface area contributed by atoms with Gasteiger partial charge >= 0.3 is 0 Å². The lowest BCUT2D eigenvalue weighted by Gasteiger charge is -2.25. The Bertz CT molecular complexity index is 1170. The normalized spacial score (nSPS) is 18.3. The Labute approximate surface area is 192 Å². The number of benzene rings is 2. The summed E-state index contributed by atoms with van der Waals surface area (Å²) in [6.45, 7) is 0.605. The van der Waals surface area contributed by atoms with E-state index in [1.807, 2.05) is 0 Å². The first-order valence-corrected chi connectivity index (χ1v) is 11.6. The van der Waals surface area contributed by atoms with E-state index in [2.05, 4.69) is 0 Å². The van der Waals surface area contributed by atoms with Crippen molar-refractivity contribution in [1.82, 2.24) is 9.21 Å². The van der Waals surface area contributed by atoms with Gasteiger partial charge in [0.25, 0.3) is 11.7 Å². The molecule has 0 spiro atoms. The first kappa shape index (κ1) is 24.4. The van der Waals surface area contributed by atoms with E-state index >= 15 is 0 Å². The second-order valence-electron chi connectivity index (χ2n) is 7.74. The second kappa shape index (κ2) is 9.74. The van der Waals surface area contributed by atoms with Gasteiger partial charge in [0.2, 0.25) is 10.0 Å². The Hall–Kier alpha value is -3.21. The van der Waals surface area contributed by atoms with Crippen molar-refractivity contribution in [2.75, 3.05) is 34.4 Å². The molecule has 1 aliphatic heterocycles. The number of ether oxygens (including phenoxy) is 1. The van der Waals surface area contributed by atoms with Crippen LogP contribution in [0.1, 0.15) is 23.6 Å². The summed E-state index contributed by atoms with van der Waals surface area (Å²) in [5, 5.41) is 20.7. The molecule has 1 heterocycles. The number of rotatable bonds is 8. The van der Waals surface area contributed by atoms with E-state index in [1.165, 1.54) is 62.5 Å². The minimum Gasteiger partial charge on any atom is -0.508 e. The number of nitrogens with zero attached hydrogens (tertiary/aromatic N) is 2. The molecule has 1 amide bonds. The van der Waals surface area contributed by atoms with E-state index in [-0.39, 0.29) is 28.3 Å². The Kier molecular flexibility index (Phi) is 7.21. The number of amides is 1. The lowest BCUT2D eigenvalue weighted by Crippen LogP contribution is -2.31. The predicted octanol–water partition coefficient (Wildman–Crippen LogP) is 2.10. The topological polar surface area (TPSA) is 124 Å². The second-order valence-corrected chi connectivity index (χ2v) is 9.89. The van der Waals surface area contributed by atoms with Gasteiger partial charge in [-0.25, -0.2) is 12.7 Å². The average molecular weight is 475 g/mol. The molecular formula is C23H26N2O7S. The van der Waals surface area contributed by atoms with Crippen LogP contribution >= 0.6 is 0 Å². The summed E-state index contributed by atoms with van der Waals surface area (Å²) in [6.07, 6.45) is 0.481. The number of methoxy groups -OCH3 is 1. The van der Waals surface area contributed by atoms with Gasteiger partial charge < -0.3 is 19.8 Å². The molecule has 1 fully saturated rings. The third kappa shape index (κ3) is 4.77. The van der Waals surface area contributed by atoms with Crippen molar-refractivity contribution >= 4 is 27.5 Å². The number of carbonyl (C=O) groups is 2. The molecule has 1 aliphatic rings. The number of phenolic OH excluding ortho intramolecular Hbond substituents is 1. The third-order valence-electron chi connectivity index (χ3n) is 5.40. The summed E-state index contributed by atoms with van der Waals surface area (Å²) in [7, 11) is 0.684. The van der Waals surface area contributed by atoms with Gasteiger partial charge in [0.1, 0.15) is 11.5 Å². The van der Waals surface area contributed by atoms with Crippen LogP contribution in [0.2, 0.25) is 0 Å². The summed E-state index contributed by atoms with van der Waals surface area (Å²) in [4.78, 5) is 27.1. The zero-order chi connectivity index (χ0) is 24.3. The maximum absolute atomic E-state index is 12.9. The van der Waals surface area contributed by atoms with Crippen LogP contribution in [0.4, 0.5) is 0 Å². The van der Waals surface area contributed by atoms with Gasteiger partial charge in [-0.05, 0) is 48.4 Å². The lowest BCUT2D eigenvalue weighted by molar-refractivity contribution is -0.140. The number of sulfonamides is 1. The number of ketones is 1. The zero-order valence-electron chi connectivity index (χ0n) is 18.6. The van der Waals surface area contributed by atoms with E-state index in [0.717, 1.165) is 4.31 Å². The number of phenols is 1. The molecule has 2 aromatic carbocycles. The Balaban J connectivity index is 2.09. The van der Waals surface area contributed by atoms with Crippen LogP contribution in [-0.2, 0) is 24.3 Å². The van der Waals surface area contributed by atoms with E-state index in [1.54, 1.807) is 12.1 Å². The maximum atomic E-state index is 12.9. The van der Waals surface area contributed by atoms with Crippen LogP contribution in [0.3, 0.4) is 0 Å². The number of carbonyl (C=O) groups excluding carboxylic acids is 2. The number of aliphatic hydroxyl groups is 1. The fraction of sp³-hybridized carbons (Fsp3) is 0.304. The third-order valence-corrected chi connectivity index (χ3v) is 7.23. The lowest BCUT2D eigenvalue weighted by atomic mass is 9.95. The van der Waals surface area contributed by atoms with E-state index in [0.29, 0.717) is 18.6 Å². The number of aliphatic hydroxyl groups excluding tert-OH is 1. The Morgan fingerprint density at radius 3 is 2.21 bits per heavy atom. The van der Waals surface area contributed by atoms with Crippen molar-refractivity contribution in [3.63, 3.8) is 0 Å². The van der Waals surface area contributed by atoms with Crippen LogP contribution in [0.15, 0.2) is 59.0 Å². The summed E-state index contributed by atoms with van der Waals surface area (Å²) in [5.41, 5.74) is 0.635. The highest BCUT2D eigenvalue weighted by Crippen LogP contribution is 2.40. The minimum absolute atomic E-state index is 0.0211. The smallest absolute Gasteiger partial charge is 0.295 e. The summed E-state index contributed by atoms with van der Waals surface area (Å²) in [5.74, 6) is -1.98. The van der Waals surface area contributed by atoms with Gasteiger partial charge in [0.15, 0.2) is 0 Å². The molecule has 1 saturated heterocycles. The van der Waals surface area contributed by atoms with Gasteiger partial charge in [0, 0.05) is 39.9 Å². The van der Waals surface area contributed by atoms with Crippen molar-refractivity contribution in [3.05, 3.63) is 65.2 Å². The van der Waals surface area contributed by atoms with E-state index in [9.17, 15) is 28.2 Å². The van der Waals surface area contributed by atoms with Gasteiger partial charge in [-0.3, -0.25) is 9.59 Å². The molecule has 0 bridgehead atoms. The molecule has 0 unspecified atom stereocenters. The standard InChI is InChI=1S/C23H26N2O7S/c1-24(2)33(30,31)18-11-7-16(8-12-18)21(27)19-20(15-5-9-17(26)10-6-15)25(13-4-14-32-3)23(29)22(19)28/h5-12,20,26-27H,4,13-14H2,1-3H3/b21-19+/t20-/m0/s1. The first-order chi connectivity index (χ1) is 15.6. The predicted molar refractivity (Wildman–Crippen MR) is 121 cm³/mol. The molecule has 2 aromatic rings. The molecule has 176 valence electrons. The van der Waals surface area contributed by atoms with Gasteiger partial charge in [-0.2, -0.15) is 0 Å². The molecule has 2 N–H and O–H groups in total. The highest BCUT2D eigenvalue weighted by Gasteiger charge is 2.45. The summed E-state index contributed by atoms with van der Waals surface area (Å²) >= 11 is 0. The number of likely N-dealkylation sites (tertiary alicyclic amines) is 1. The van der Waals surface area contributed by atoms with Gasteiger partial charge in [-0.1, -0.05) is 12.1 Å². The van der Waals surface area contributed by atoms with Crippen LogP contribution in [0.25, 0.3) is 5.76 Å². The Morgan fingerprint density at radius 2 is 1.67 bits per heavy atom. The van der Waals surface area contributed by atoms with E-state index < -0.39 is 33.5 Å². The van der Waals surface area contributed by atoms with Gasteiger partial charge in [0.05, 0.1) is 16.5 Å². The molecule has 33 heavy (non-hydrogen) atoms. The largest absolute Gasteiger partial charge is 0.508 e. The van der Waals surface area contributed by atoms with Crippen molar-refractivity contribution in [1.29, 1.82) is 0 Å². The van der Waals surface area contributed by atoms with Gasteiger partial charge in [-0.15, -0.1) is 0 Å². The fourth-order valence-electron chi connectivity index (χ4n) is 3.64. The minimum atomic E-state index is -3.67. The van der Waals surface area contributed by atoms with Crippen LogP contribution in [0, 0.1) is 0 Å². The quantitative estimate of drug-likeness (QED) is 0.260. The van der Waals surface area contributed by atoms with Crippen molar-refractivity contribution in [2.45, 2.75) is 17.4 Å².